The lowest BCUT2D eigenvalue weighted by Gasteiger charge is -2.31. The normalized spacial score (nSPS) is 21.4. The van der Waals surface area contributed by atoms with E-state index in [1.807, 2.05) is 55.5 Å². The van der Waals surface area contributed by atoms with Gasteiger partial charge in [-0.3, -0.25) is 0 Å². The van der Waals surface area contributed by atoms with Crippen molar-refractivity contribution in [2.75, 3.05) is 6.61 Å². The summed E-state index contributed by atoms with van der Waals surface area (Å²) in [5.41, 5.74) is 8.40. The highest BCUT2D eigenvalue weighted by Gasteiger charge is 2.29. The second-order valence-electron chi connectivity index (χ2n) is 4.80. The van der Waals surface area contributed by atoms with Crippen molar-refractivity contribution in [3.8, 4) is 11.5 Å². The fraction of sp³-hybridized carbons (Fsp3) is 0.250. The number of fused-ring (bicyclic) bond motifs is 1. The summed E-state index contributed by atoms with van der Waals surface area (Å²) in [7, 11) is 0. The molecule has 1 aliphatic heterocycles. The Hall–Kier alpha value is -2.00. The minimum Gasteiger partial charge on any atom is -0.489 e. The Bertz CT molecular complexity index is 582. The van der Waals surface area contributed by atoms with Crippen LogP contribution < -0.4 is 15.2 Å². The van der Waals surface area contributed by atoms with Gasteiger partial charge in [-0.2, -0.15) is 0 Å². The molecule has 0 saturated carbocycles. The minimum absolute atomic E-state index is 0.156. The maximum Gasteiger partial charge on any atom is 0.152 e. The van der Waals surface area contributed by atoms with Gasteiger partial charge < -0.3 is 15.2 Å². The van der Waals surface area contributed by atoms with Crippen molar-refractivity contribution < 1.29 is 9.47 Å². The highest BCUT2D eigenvalue weighted by atomic mass is 16.5. The summed E-state index contributed by atoms with van der Waals surface area (Å²) >= 11 is 0. The first-order chi connectivity index (χ1) is 9.25. The second-order valence-corrected chi connectivity index (χ2v) is 4.80. The summed E-state index contributed by atoms with van der Waals surface area (Å²) in [6.07, 6.45) is -0.156. The summed E-state index contributed by atoms with van der Waals surface area (Å²) in [6.45, 7) is 2.50. The molecule has 19 heavy (non-hydrogen) atoms. The molecule has 0 spiro atoms. The number of benzene rings is 2. The molecule has 3 nitrogen and oxygen atoms in total. The number of hydrogen-bond donors (Lipinski definition) is 1. The lowest BCUT2D eigenvalue weighted by atomic mass is 9.99. The topological polar surface area (TPSA) is 44.5 Å². The van der Waals surface area contributed by atoms with E-state index in [4.69, 9.17) is 15.2 Å². The third-order valence-electron chi connectivity index (χ3n) is 3.45. The van der Waals surface area contributed by atoms with Crippen LogP contribution in [0, 0.1) is 6.92 Å². The Morgan fingerprint density at radius 1 is 1.11 bits per heavy atom. The fourth-order valence-electron chi connectivity index (χ4n) is 2.32. The van der Waals surface area contributed by atoms with Crippen molar-refractivity contribution in [1.29, 1.82) is 0 Å². The zero-order chi connectivity index (χ0) is 13.2. The maximum atomic E-state index is 6.28. The largest absolute Gasteiger partial charge is 0.489 e. The Labute approximate surface area is 113 Å². The van der Waals surface area contributed by atoms with E-state index in [-0.39, 0.29) is 12.1 Å². The molecule has 0 aromatic heterocycles. The number of aryl methyl sites for hydroxylation is 1. The first-order valence-electron chi connectivity index (χ1n) is 6.45. The van der Waals surface area contributed by atoms with E-state index < -0.39 is 0 Å². The van der Waals surface area contributed by atoms with Crippen LogP contribution in [0.15, 0.2) is 48.5 Å². The molecule has 2 atom stereocenters. The van der Waals surface area contributed by atoms with Gasteiger partial charge in [0, 0.05) is 5.56 Å². The van der Waals surface area contributed by atoms with Crippen molar-refractivity contribution in [2.24, 2.45) is 5.73 Å². The SMILES string of the molecule is Cc1ccccc1OC1COc2ccccc2C1N. The summed E-state index contributed by atoms with van der Waals surface area (Å²) in [5.74, 6) is 1.73. The highest BCUT2D eigenvalue weighted by molar-refractivity contribution is 5.39. The Morgan fingerprint density at radius 3 is 2.68 bits per heavy atom. The quantitative estimate of drug-likeness (QED) is 0.897. The Kier molecular flexibility index (Phi) is 3.13. The summed E-state index contributed by atoms with van der Waals surface area (Å²) < 4.78 is 11.7. The summed E-state index contributed by atoms with van der Waals surface area (Å²) in [5, 5.41) is 0. The molecule has 0 saturated heterocycles. The van der Waals surface area contributed by atoms with Gasteiger partial charge in [0.2, 0.25) is 0 Å². The van der Waals surface area contributed by atoms with Crippen LogP contribution >= 0.6 is 0 Å². The van der Waals surface area contributed by atoms with Crippen LogP contribution in [0.3, 0.4) is 0 Å². The Morgan fingerprint density at radius 2 is 1.84 bits per heavy atom. The van der Waals surface area contributed by atoms with Crippen molar-refractivity contribution in [3.63, 3.8) is 0 Å². The fourth-order valence-corrected chi connectivity index (χ4v) is 2.32. The van der Waals surface area contributed by atoms with Crippen LogP contribution in [-0.2, 0) is 0 Å². The molecule has 0 radical (unpaired) electrons. The molecule has 2 aromatic rings. The van der Waals surface area contributed by atoms with Crippen molar-refractivity contribution in [1.82, 2.24) is 0 Å². The van der Waals surface area contributed by atoms with Gasteiger partial charge in [0.15, 0.2) is 6.10 Å². The van der Waals surface area contributed by atoms with Crippen LogP contribution in [0.1, 0.15) is 17.2 Å². The van der Waals surface area contributed by atoms with Gasteiger partial charge in [-0.15, -0.1) is 0 Å². The molecule has 2 aromatic carbocycles. The van der Waals surface area contributed by atoms with Gasteiger partial charge in [-0.25, -0.2) is 0 Å². The van der Waals surface area contributed by atoms with Crippen molar-refractivity contribution >= 4 is 0 Å². The average Bonchev–Trinajstić information content (AvgIpc) is 2.44. The molecular formula is C16H17NO2. The predicted molar refractivity (Wildman–Crippen MR) is 74.5 cm³/mol. The second kappa shape index (κ2) is 4.94. The van der Waals surface area contributed by atoms with Gasteiger partial charge >= 0.3 is 0 Å². The number of rotatable bonds is 2. The van der Waals surface area contributed by atoms with Crippen molar-refractivity contribution in [2.45, 2.75) is 19.1 Å². The first kappa shape index (κ1) is 12.1. The molecule has 0 bridgehead atoms. The monoisotopic (exact) mass is 255 g/mol. The molecule has 98 valence electrons. The van der Waals surface area contributed by atoms with Crippen LogP contribution in [0.25, 0.3) is 0 Å². The molecule has 1 aliphatic rings. The van der Waals surface area contributed by atoms with Crippen LogP contribution in [0.4, 0.5) is 0 Å². The van der Waals surface area contributed by atoms with E-state index in [1.165, 1.54) is 0 Å². The third-order valence-corrected chi connectivity index (χ3v) is 3.45. The van der Waals surface area contributed by atoms with Gasteiger partial charge in [0.1, 0.15) is 18.1 Å². The zero-order valence-electron chi connectivity index (χ0n) is 10.9. The first-order valence-corrected chi connectivity index (χ1v) is 6.45. The van der Waals surface area contributed by atoms with Gasteiger partial charge in [0.25, 0.3) is 0 Å². The third kappa shape index (κ3) is 2.29. The van der Waals surface area contributed by atoms with Crippen LogP contribution in [-0.4, -0.2) is 12.7 Å². The molecule has 1 heterocycles. The van der Waals surface area contributed by atoms with E-state index in [1.54, 1.807) is 0 Å². The number of ether oxygens (including phenoxy) is 2. The van der Waals surface area contributed by atoms with Gasteiger partial charge in [-0.05, 0) is 24.6 Å². The minimum atomic E-state index is -0.162. The van der Waals surface area contributed by atoms with E-state index in [2.05, 4.69) is 0 Å². The summed E-state index contributed by atoms with van der Waals surface area (Å²) in [6, 6.07) is 15.6. The molecule has 0 fully saturated rings. The number of para-hydroxylation sites is 2. The van der Waals surface area contributed by atoms with Gasteiger partial charge in [0.05, 0.1) is 6.04 Å². The van der Waals surface area contributed by atoms with E-state index in [9.17, 15) is 0 Å². The highest BCUT2D eigenvalue weighted by Crippen LogP contribution is 2.32. The molecular weight excluding hydrogens is 238 g/mol. The summed E-state index contributed by atoms with van der Waals surface area (Å²) in [4.78, 5) is 0. The Balaban J connectivity index is 1.83. The maximum absolute atomic E-state index is 6.28. The number of nitrogens with two attached hydrogens (primary N) is 1. The molecule has 3 heteroatoms. The van der Waals surface area contributed by atoms with Crippen LogP contribution in [0.2, 0.25) is 0 Å². The molecule has 3 rings (SSSR count). The van der Waals surface area contributed by atoms with E-state index >= 15 is 0 Å². The average molecular weight is 255 g/mol. The predicted octanol–water partition coefficient (Wildman–Crippen LogP) is 2.83. The van der Waals surface area contributed by atoms with E-state index in [0.29, 0.717) is 6.61 Å². The smallest absolute Gasteiger partial charge is 0.152 e. The number of hydrogen-bond acceptors (Lipinski definition) is 3. The lowest BCUT2D eigenvalue weighted by Crippen LogP contribution is -2.40. The van der Waals surface area contributed by atoms with E-state index in [0.717, 1.165) is 22.6 Å². The molecule has 0 amide bonds. The lowest BCUT2D eigenvalue weighted by molar-refractivity contribution is 0.0872. The molecule has 2 N–H and O–H groups in total. The zero-order valence-corrected chi connectivity index (χ0v) is 10.9. The van der Waals surface area contributed by atoms with Gasteiger partial charge in [-0.1, -0.05) is 36.4 Å². The van der Waals surface area contributed by atoms with Crippen molar-refractivity contribution in [3.05, 3.63) is 59.7 Å². The van der Waals surface area contributed by atoms with Crippen LogP contribution in [0.5, 0.6) is 11.5 Å². The standard InChI is InChI=1S/C16H17NO2/c1-11-6-2-4-8-13(11)19-15-10-18-14-9-5-3-7-12(14)16(15)17/h2-9,15-16H,10,17H2,1H3. The molecule has 0 aliphatic carbocycles. The molecule has 2 unspecified atom stereocenters.